The molecule has 0 saturated carbocycles. The first-order valence-corrected chi connectivity index (χ1v) is 5.28. The van der Waals surface area contributed by atoms with Crippen molar-refractivity contribution in [1.82, 2.24) is 0 Å². The zero-order valence-corrected chi connectivity index (χ0v) is 8.70. The molecule has 1 unspecified atom stereocenters. The third kappa shape index (κ3) is 2.37. The largest absolute Gasteiger partial charge is 0.374 e. The highest BCUT2D eigenvalue weighted by atomic mass is 35.5. The van der Waals surface area contributed by atoms with E-state index in [1.54, 1.807) is 0 Å². The van der Waals surface area contributed by atoms with Crippen LogP contribution in [-0.4, -0.2) is 12.7 Å². The van der Waals surface area contributed by atoms with Gasteiger partial charge < -0.3 is 4.74 Å². The Kier molecular flexibility index (Phi) is 3.22. The summed E-state index contributed by atoms with van der Waals surface area (Å²) in [4.78, 5) is 0. The standard InChI is InChI=1S/C12H13ClO/c13-12-6-2-1-4-10(12)7-8-11-5-3-9-14-11/h1-2,4,6-8,11H,3,5,9H2/b8-7+. The number of benzene rings is 1. The topological polar surface area (TPSA) is 9.23 Å². The van der Waals surface area contributed by atoms with Crippen LogP contribution >= 0.6 is 11.6 Å². The van der Waals surface area contributed by atoms with Gasteiger partial charge in [0.15, 0.2) is 0 Å². The highest BCUT2D eigenvalue weighted by Crippen LogP contribution is 2.19. The van der Waals surface area contributed by atoms with E-state index in [9.17, 15) is 0 Å². The van der Waals surface area contributed by atoms with Gasteiger partial charge in [-0.15, -0.1) is 0 Å². The summed E-state index contributed by atoms with van der Waals surface area (Å²) in [6, 6.07) is 7.83. The van der Waals surface area contributed by atoms with E-state index in [1.807, 2.05) is 30.3 Å². The summed E-state index contributed by atoms with van der Waals surface area (Å²) in [6.45, 7) is 0.886. The van der Waals surface area contributed by atoms with E-state index >= 15 is 0 Å². The second kappa shape index (κ2) is 4.63. The van der Waals surface area contributed by atoms with Crippen LogP contribution in [0.5, 0.6) is 0 Å². The van der Waals surface area contributed by atoms with Gasteiger partial charge in [0.1, 0.15) is 0 Å². The summed E-state index contributed by atoms with van der Waals surface area (Å²) in [6.07, 6.45) is 6.71. The van der Waals surface area contributed by atoms with Gasteiger partial charge in [-0.05, 0) is 24.5 Å². The summed E-state index contributed by atoms with van der Waals surface area (Å²) in [5.41, 5.74) is 1.06. The van der Waals surface area contributed by atoms with Gasteiger partial charge in [0.05, 0.1) is 6.10 Å². The number of ether oxygens (including phenoxy) is 1. The lowest BCUT2D eigenvalue weighted by Gasteiger charge is -2.02. The maximum Gasteiger partial charge on any atom is 0.0759 e. The maximum absolute atomic E-state index is 6.02. The number of halogens is 1. The molecule has 1 aliphatic heterocycles. The fraction of sp³-hybridized carbons (Fsp3) is 0.333. The molecule has 0 N–H and O–H groups in total. The van der Waals surface area contributed by atoms with Crippen LogP contribution in [0.25, 0.3) is 6.08 Å². The van der Waals surface area contributed by atoms with Gasteiger partial charge in [0.2, 0.25) is 0 Å². The Morgan fingerprint density at radius 1 is 1.36 bits per heavy atom. The molecule has 1 aromatic carbocycles. The Morgan fingerprint density at radius 2 is 2.21 bits per heavy atom. The number of rotatable bonds is 2. The molecule has 1 nitrogen and oxygen atoms in total. The van der Waals surface area contributed by atoms with Gasteiger partial charge in [-0.3, -0.25) is 0 Å². The molecule has 0 bridgehead atoms. The molecule has 1 fully saturated rings. The van der Waals surface area contributed by atoms with Crippen molar-refractivity contribution >= 4 is 17.7 Å². The van der Waals surface area contributed by atoms with Crippen LogP contribution < -0.4 is 0 Å². The molecule has 0 aliphatic carbocycles. The number of hydrogen-bond acceptors (Lipinski definition) is 1. The zero-order valence-electron chi connectivity index (χ0n) is 7.95. The molecule has 1 saturated heterocycles. The lowest BCUT2D eigenvalue weighted by atomic mass is 10.1. The minimum absolute atomic E-state index is 0.284. The minimum atomic E-state index is 0.284. The van der Waals surface area contributed by atoms with Gasteiger partial charge >= 0.3 is 0 Å². The fourth-order valence-corrected chi connectivity index (χ4v) is 1.77. The molecule has 1 heterocycles. The second-order valence-electron chi connectivity index (χ2n) is 3.43. The average Bonchev–Trinajstić information content (AvgIpc) is 2.69. The third-order valence-corrected chi connectivity index (χ3v) is 2.70. The quantitative estimate of drug-likeness (QED) is 0.723. The smallest absolute Gasteiger partial charge is 0.0759 e. The SMILES string of the molecule is Clc1ccccc1/C=C/C1CCCO1. The molecule has 2 heteroatoms. The van der Waals surface area contributed by atoms with Crippen molar-refractivity contribution in [3.05, 3.63) is 40.9 Å². The van der Waals surface area contributed by atoms with Crippen LogP contribution in [0, 0.1) is 0 Å². The maximum atomic E-state index is 6.02. The van der Waals surface area contributed by atoms with E-state index in [1.165, 1.54) is 0 Å². The predicted octanol–water partition coefficient (Wildman–Crippen LogP) is 3.53. The van der Waals surface area contributed by atoms with E-state index in [2.05, 4.69) is 6.08 Å². The fourth-order valence-electron chi connectivity index (χ4n) is 1.58. The first-order valence-electron chi connectivity index (χ1n) is 4.90. The average molecular weight is 209 g/mol. The highest BCUT2D eigenvalue weighted by Gasteiger charge is 2.11. The van der Waals surface area contributed by atoms with Crippen molar-refractivity contribution in [2.45, 2.75) is 18.9 Å². The molecule has 1 aliphatic rings. The summed E-state index contributed by atoms with van der Waals surface area (Å²) >= 11 is 6.02. The highest BCUT2D eigenvalue weighted by molar-refractivity contribution is 6.32. The van der Waals surface area contributed by atoms with E-state index in [0.29, 0.717) is 0 Å². The Labute approximate surface area is 89.3 Å². The van der Waals surface area contributed by atoms with Crippen LogP contribution in [0.1, 0.15) is 18.4 Å². The molecule has 74 valence electrons. The number of hydrogen-bond donors (Lipinski definition) is 0. The van der Waals surface area contributed by atoms with Gasteiger partial charge in [0.25, 0.3) is 0 Å². The molecular formula is C12H13ClO. The molecule has 2 rings (SSSR count). The first-order chi connectivity index (χ1) is 6.86. The minimum Gasteiger partial charge on any atom is -0.374 e. The van der Waals surface area contributed by atoms with Crippen molar-refractivity contribution in [2.75, 3.05) is 6.61 Å². The van der Waals surface area contributed by atoms with Gasteiger partial charge in [0, 0.05) is 11.6 Å². The third-order valence-electron chi connectivity index (χ3n) is 2.36. The van der Waals surface area contributed by atoms with Crippen molar-refractivity contribution in [1.29, 1.82) is 0 Å². The van der Waals surface area contributed by atoms with Crippen LogP contribution in [0.15, 0.2) is 30.3 Å². The van der Waals surface area contributed by atoms with Crippen molar-refractivity contribution in [3.8, 4) is 0 Å². The second-order valence-corrected chi connectivity index (χ2v) is 3.84. The summed E-state index contributed by atoms with van der Waals surface area (Å²) in [5.74, 6) is 0. The summed E-state index contributed by atoms with van der Waals surface area (Å²) in [5, 5.41) is 0.793. The Bertz CT molecular complexity index is 327. The van der Waals surface area contributed by atoms with Crippen LogP contribution in [0.3, 0.4) is 0 Å². The van der Waals surface area contributed by atoms with Crippen molar-refractivity contribution < 1.29 is 4.74 Å². The zero-order chi connectivity index (χ0) is 9.80. The Balaban J connectivity index is 2.06. The van der Waals surface area contributed by atoms with Crippen molar-refractivity contribution in [3.63, 3.8) is 0 Å². The van der Waals surface area contributed by atoms with E-state index < -0.39 is 0 Å². The van der Waals surface area contributed by atoms with Crippen LogP contribution in [0.4, 0.5) is 0 Å². The first kappa shape index (κ1) is 9.75. The predicted molar refractivity (Wildman–Crippen MR) is 59.5 cm³/mol. The summed E-state index contributed by atoms with van der Waals surface area (Å²) in [7, 11) is 0. The molecule has 0 amide bonds. The van der Waals surface area contributed by atoms with Gasteiger partial charge in [-0.2, -0.15) is 0 Å². The molecule has 0 spiro atoms. The van der Waals surface area contributed by atoms with Crippen LogP contribution in [0.2, 0.25) is 5.02 Å². The summed E-state index contributed by atoms with van der Waals surface area (Å²) < 4.78 is 5.48. The molecule has 14 heavy (non-hydrogen) atoms. The molecule has 0 radical (unpaired) electrons. The van der Waals surface area contributed by atoms with E-state index in [4.69, 9.17) is 16.3 Å². The monoisotopic (exact) mass is 208 g/mol. The van der Waals surface area contributed by atoms with E-state index in [-0.39, 0.29) is 6.10 Å². The molecular weight excluding hydrogens is 196 g/mol. The Morgan fingerprint density at radius 3 is 2.93 bits per heavy atom. The van der Waals surface area contributed by atoms with Crippen LogP contribution in [-0.2, 0) is 4.74 Å². The van der Waals surface area contributed by atoms with Gasteiger partial charge in [-0.25, -0.2) is 0 Å². The normalized spacial score (nSPS) is 21.9. The molecule has 1 atom stereocenters. The molecule has 0 aromatic heterocycles. The molecule has 1 aromatic rings. The van der Waals surface area contributed by atoms with E-state index in [0.717, 1.165) is 30.0 Å². The van der Waals surface area contributed by atoms with Crippen molar-refractivity contribution in [2.24, 2.45) is 0 Å². The Hall–Kier alpha value is -0.790. The lowest BCUT2D eigenvalue weighted by molar-refractivity contribution is 0.146. The van der Waals surface area contributed by atoms with Gasteiger partial charge in [-0.1, -0.05) is 42.0 Å². The lowest BCUT2D eigenvalue weighted by Crippen LogP contribution is -1.98.